The minimum Gasteiger partial charge on any atom is -0.463 e. The van der Waals surface area contributed by atoms with E-state index in [9.17, 15) is 24.0 Å². The molecule has 0 radical (unpaired) electrons. The van der Waals surface area contributed by atoms with E-state index in [0.29, 0.717) is 36.5 Å². The number of hydrogen-bond acceptors (Lipinski definition) is 13. The Kier molecular flexibility index (Phi) is 13.9. The molecule has 0 aromatic carbocycles. The van der Waals surface area contributed by atoms with Crippen molar-refractivity contribution in [2.75, 3.05) is 11.9 Å². The Hall–Kier alpha value is -2.78. The Balaban J connectivity index is 1.28. The van der Waals surface area contributed by atoms with Gasteiger partial charge in [0.2, 0.25) is 0 Å². The molecule has 1 amide bonds. The highest BCUT2D eigenvalue weighted by molar-refractivity contribution is 9.09. The number of amides is 1. The quantitative estimate of drug-likeness (QED) is 0.138. The largest absolute Gasteiger partial charge is 0.463 e. The highest BCUT2D eigenvalue weighted by Gasteiger charge is 2.70. The summed E-state index contributed by atoms with van der Waals surface area (Å²) in [6.45, 7) is 15.0. The molecule has 4 saturated carbocycles. The first-order valence-electron chi connectivity index (χ1n) is 21.8. The molecule has 4 aliphatic carbocycles. The maximum atomic E-state index is 15.2. The number of fused-ring (bicyclic) bond motifs is 7. The summed E-state index contributed by atoms with van der Waals surface area (Å²) in [6.07, 6.45) is 2.43. The monoisotopic (exact) mass is 895 g/mol. The fourth-order valence-corrected chi connectivity index (χ4v) is 13.4. The fourth-order valence-electron chi connectivity index (χ4n) is 13.1. The van der Waals surface area contributed by atoms with Crippen LogP contribution < -0.4 is 5.32 Å². The van der Waals surface area contributed by atoms with Gasteiger partial charge in [-0.2, -0.15) is 0 Å². The molecular formula is C44H66BrNO13. The van der Waals surface area contributed by atoms with Crippen LogP contribution in [0.2, 0.25) is 0 Å². The summed E-state index contributed by atoms with van der Waals surface area (Å²) >= 11 is 3.62. The maximum absolute atomic E-state index is 15.2. The van der Waals surface area contributed by atoms with Crippen LogP contribution in [-0.2, 0) is 61.9 Å². The van der Waals surface area contributed by atoms with Crippen molar-refractivity contribution in [3.8, 4) is 0 Å². The van der Waals surface area contributed by atoms with Crippen LogP contribution >= 0.6 is 15.9 Å². The van der Waals surface area contributed by atoms with Gasteiger partial charge >= 0.3 is 29.8 Å². The van der Waals surface area contributed by atoms with E-state index in [1.165, 1.54) is 20.8 Å². The van der Waals surface area contributed by atoms with Crippen LogP contribution in [0.1, 0.15) is 127 Å². The number of carbonyl (C=O) groups is 6. The van der Waals surface area contributed by atoms with E-state index in [4.69, 9.17) is 33.2 Å². The minimum atomic E-state index is -1.43. The smallest absolute Gasteiger partial charge is 0.303 e. The molecule has 0 aromatic heterocycles. The Labute approximate surface area is 357 Å². The molecule has 0 spiro atoms. The zero-order chi connectivity index (χ0) is 43.2. The third-order valence-electron chi connectivity index (χ3n) is 15.6. The lowest BCUT2D eigenvalue weighted by molar-refractivity contribution is -0.258. The molecule has 6 fully saturated rings. The zero-order valence-corrected chi connectivity index (χ0v) is 37.8. The Morgan fingerprint density at radius 2 is 1.39 bits per heavy atom. The molecule has 1 N–H and O–H groups in total. The van der Waals surface area contributed by atoms with Crippen molar-refractivity contribution in [2.45, 2.75) is 175 Å². The van der Waals surface area contributed by atoms with Crippen LogP contribution in [0, 0.1) is 52.3 Å². The molecule has 6 rings (SSSR count). The number of carbonyl (C=O) groups excluding carboxylic acids is 6. The van der Waals surface area contributed by atoms with Gasteiger partial charge in [0, 0.05) is 45.9 Å². The fraction of sp³-hybridized carbons (Fsp3) is 0.864. The molecule has 17 atom stereocenters. The lowest BCUT2D eigenvalue weighted by atomic mass is 9.44. The van der Waals surface area contributed by atoms with Crippen LogP contribution in [0.15, 0.2) is 0 Å². The summed E-state index contributed by atoms with van der Waals surface area (Å²) in [7, 11) is 0. The van der Waals surface area contributed by atoms with E-state index in [1.807, 2.05) is 0 Å². The maximum Gasteiger partial charge on any atom is 0.303 e. The average molecular weight is 897 g/mol. The van der Waals surface area contributed by atoms with Crippen LogP contribution in [0.5, 0.6) is 0 Å². The number of rotatable bonds is 12. The lowest BCUT2D eigenvalue weighted by Crippen LogP contribution is -2.68. The van der Waals surface area contributed by atoms with Crippen LogP contribution in [-0.4, -0.2) is 96.1 Å². The van der Waals surface area contributed by atoms with E-state index < -0.39 is 72.6 Å². The highest BCUT2D eigenvalue weighted by Crippen LogP contribution is 2.71. The summed E-state index contributed by atoms with van der Waals surface area (Å²) in [4.78, 5) is 76.3. The van der Waals surface area contributed by atoms with Crippen LogP contribution in [0.3, 0.4) is 0 Å². The molecule has 0 bridgehead atoms. The van der Waals surface area contributed by atoms with Gasteiger partial charge in [0.25, 0.3) is 5.91 Å². The lowest BCUT2D eigenvalue weighted by Gasteiger charge is -2.61. The molecule has 2 heterocycles. The van der Waals surface area contributed by atoms with E-state index in [1.54, 1.807) is 0 Å². The highest BCUT2D eigenvalue weighted by atomic mass is 79.9. The van der Waals surface area contributed by atoms with Gasteiger partial charge in [0.05, 0.1) is 6.10 Å². The molecule has 0 unspecified atom stereocenters. The number of halogens is 1. The summed E-state index contributed by atoms with van der Waals surface area (Å²) in [5, 5.41) is 3.76. The predicted octanol–water partition coefficient (Wildman–Crippen LogP) is 5.97. The second kappa shape index (κ2) is 17.9. The Bertz CT molecular complexity index is 1630. The number of hydrogen-bond donors (Lipinski definition) is 1. The first-order chi connectivity index (χ1) is 27.7. The van der Waals surface area contributed by atoms with Gasteiger partial charge in [0.15, 0.2) is 24.5 Å². The van der Waals surface area contributed by atoms with E-state index in [0.717, 1.165) is 70.5 Å². The van der Waals surface area contributed by atoms with Crippen molar-refractivity contribution in [3.63, 3.8) is 0 Å². The third-order valence-corrected chi connectivity index (χ3v) is 16.7. The summed E-state index contributed by atoms with van der Waals surface area (Å²) < 4.78 is 41.4. The molecule has 6 aliphatic rings. The van der Waals surface area contributed by atoms with Crippen molar-refractivity contribution in [1.29, 1.82) is 0 Å². The van der Waals surface area contributed by atoms with Crippen LogP contribution in [0.4, 0.5) is 0 Å². The van der Waals surface area contributed by atoms with Gasteiger partial charge in [0.1, 0.15) is 24.4 Å². The zero-order valence-electron chi connectivity index (χ0n) is 36.3. The van der Waals surface area contributed by atoms with Crippen molar-refractivity contribution in [3.05, 3.63) is 0 Å². The predicted molar refractivity (Wildman–Crippen MR) is 215 cm³/mol. The molecule has 15 heteroatoms. The van der Waals surface area contributed by atoms with Gasteiger partial charge in [-0.25, -0.2) is 0 Å². The summed E-state index contributed by atoms with van der Waals surface area (Å²) in [5.41, 5.74) is -1.12. The van der Waals surface area contributed by atoms with Gasteiger partial charge in [-0.3, -0.25) is 28.8 Å². The molecule has 2 saturated heterocycles. The molecule has 2 aliphatic heterocycles. The van der Waals surface area contributed by atoms with E-state index in [2.05, 4.69) is 48.9 Å². The van der Waals surface area contributed by atoms with Gasteiger partial charge < -0.3 is 38.5 Å². The second-order valence-electron chi connectivity index (χ2n) is 19.2. The van der Waals surface area contributed by atoms with Crippen molar-refractivity contribution >= 4 is 51.7 Å². The second-order valence-corrected chi connectivity index (χ2v) is 19.8. The molecular weight excluding hydrogens is 830 g/mol. The normalized spacial score (nSPS) is 42.7. The number of ether oxygens (including phenoxy) is 7. The molecule has 332 valence electrons. The van der Waals surface area contributed by atoms with Crippen molar-refractivity contribution in [1.82, 2.24) is 5.32 Å². The number of alkyl halides is 1. The van der Waals surface area contributed by atoms with E-state index >= 15 is 4.79 Å². The van der Waals surface area contributed by atoms with Gasteiger partial charge in [-0.05, 0) is 111 Å². The van der Waals surface area contributed by atoms with Gasteiger partial charge in [-0.1, -0.05) is 43.6 Å². The topological polar surface area (TPSA) is 179 Å². The first-order valence-corrected chi connectivity index (χ1v) is 22.9. The van der Waals surface area contributed by atoms with Gasteiger partial charge in [-0.15, -0.1) is 0 Å². The Morgan fingerprint density at radius 1 is 0.763 bits per heavy atom. The molecule has 59 heavy (non-hydrogen) atoms. The molecule has 14 nitrogen and oxygen atoms in total. The van der Waals surface area contributed by atoms with Crippen LogP contribution in [0.25, 0.3) is 0 Å². The number of nitrogens with one attached hydrogen (secondary N) is 1. The molecule has 0 aromatic rings. The SMILES string of the molecule is CC(=O)OC[C@H]1O[C@H](NC(=O)[C@]2(CC[C@H](C)CBr)O[C@H]3C[C@H]4[C@@H]5CC[C@@H]6C[C@@H](OC(C)=O)CC[C@]6(C)[C@H]5CC[C@]4(C)[C@H]3[C@@H]2C)[C@H](OC(C)=O)[C@@H](OC(C)=O)[C@@H]1OC(C)=O. The Morgan fingerprint density at radius 3 is 2.02 bits per heavy atom. The minimum absolute atomic E-state index is 0.00789. The van der Waals surface area contributed by atoms with Crippen molar-refractivity contribution < 1.29 is 61.9 Å². The van der Waals surface area contributed by atoms with Crippen molar-refractivity contribution in [2.24, 2.45) is 52.3 Å². The standard InChI is InChI=1S/C44H66BrNO13/c1-22(20-45)12-17-44(41(52)46-40-39(57-28(7)51)38(56-27(6)50)37(55-26(5)49)35(58-40)21-53-24(3)47)23(2)36-34(59-44)19-33-31-11-10-29-18-30(54-25(4)48)13-15-42(29,8)32(31)14-16-43(33,36)9/h22-23,29-40H,10-21H2,1-9H3,(H,46,52)/t22-,23-,29+,30-,31+,32-,33-,34-,35+,36-,37+,38-,39+,40-,42-,43-,44+/m0/s1. The average Bonchev–Trinajstić information content (AvgIpc) is 3.61. The summed E-state index contributed by atoms with van der Waals surface area (Å²) in [5.74, 6) is -1.22. The third kappa shape index (κ3) is 8.95. The van der Waals surface area contributed by atoms with E-state index in [-0.39, 0.29) is 46.8 Å². The number of esters is 5. The first kappa shape index (κ1) is 45.7. The summed E-state index contributed by atoms with van der Waals surface area (Å²) in [6, 6.07) is 0.